The van der Waals surface area contributed by atoms with Crippen molar-refractivity contribution >= 4 is 34.2 Å². The number of hydrogen-bond acceptors (Lipinski definition) is 2. The molecule has 24 heavy (non-hydrogen) atoms. The van der Waals surface area contributed by atoms with Crippen molar-refractivity contribution in [2.45, 2.75) is 129 Å². The molecule has 0 aromatic heterocycles. The van der Waals surface area contributed by atoms with Crippen molar-refractivity contribution in [2.75, 3.05) is 0 Å². The topological polar surface area (TPSA) is 0 Å². The van der Waals surface area contributed by atoms with Crippen LogP contribution < -0.4 is 0 Å². The molecule has 0 saturated carbocycles. The Balaban J connectivity index is 3.36. The Labute approximate surface area is 163 Å². The average molecular weight is 371 g/mol. The Morgan fingerprint density at radius 3 is 0.958 bits per heavy atom. The normalized spacial score (nSPS) is 10.9. The van der Waals surface area contributed by atoms with E-state index in [2.05, 4.69) is 13.8 Å². The second-order valence-electron chi connectivity index (χ2n) is 7.30. The van der Waals surface area contributed by atoms with Crippen LogP contribution in [0, 0.1) is 0 Å². The van der Waals surface area contributed by atoms with Crippen molar-refractivity contribution in [1.29, 1.82) is 0 Å². The van der Waals surface area contributed by atoms with Gasteiger partial charge in [0.05, 0.1) is 0 Å². The molecule has 0 radical (unpaired) electrons. The maximum Gasteiger partial charge on any atom is 0.0291 e. The third-order valence-electron chi connectivity index (χ3n) is 4.83. The van der Waals surface area contributed by atoms with E-state index in [0.29, 0.717) is 0 Å². The number of unbranched alkanes of at least 4 members (excludes halogenated alkanes) is 14. The zero-order valence-corrected chi connectivity index (χ0v) is 18.2. The van der Waals surface area contributed by atoms with Crippen molar-refractivity contribution < 1.29 is 0 Å². The summed E-state index contributed by atoms with van der Waals surface area (Å²) >= 11 is 11.0. The van der Waals surface area contributed by atoms with Gasteiger partial charge < -0.3 is 0 Å². The van der Waals surface area contributed by atoms with Gasteiger partial charge in [-0.1, -0.05) is 128 Å². The lowest BCUT2D eigenvalue weighted by atomic mass is 10.0. The van der Waals surface area contributed by atoms with Crippen LogP contribution in [0.5, 0.6) is 0 Å². The standard InChI is InChI=1S/C22H42S2/c1-3-5-7-9-11-13-15-17-19-21(23)22(24)20-18-16-14-12-10-8-6-4-2/h3-20H2,1-2H3. The van der Waals surface area contributed by atoms with Crippen LogP contribution in [0.3, 0.4) is 0 Å². The first-order chi connectivity index (χ1) is 11.7. The molecule has 0 amide bonds. The van der Waals surface area contributed by atoms with Crippen LogP contribution in [0.15, 0.2) is 0 Å². The summed E-state index contributed by atoms with van der Waals surface area (Å²) in [6.07, 6.45) is 23.9. The zero-order chi connectivity index (χ0) is 17.9. The molecule has 0 aliphatic heterocycles. The van der Waals surface area contributed by atoms with Crippen LogP contribution in [0.4, 0.5) is 0 Å². The van der Waals surface area contributed by atoms with Gasteiger partial charge in [0, 0.05) is 9.73 Å². The molecule has 0 spiro atoms. The van der Waals surface area contributed by atoms with Crippen LogP contribution in [0.2, 0.25) is 0 Å². The van der Waals surface area contributed by atoms with E-state index in [1.54, 1.807) is 0 Å². The van der Waals surface area contributed by atoms with Gasteiger partial charge in [0.15, 0.2) is 0 Å². The van der Waals surface area contributed by atoms with Crippen LogP contribution in [0.1, 0.15) is 129 Å². The minimum Gasteiger partial charge on any atom is -0.0837 e. The lowest BCUT2D eigenvalue weighted by Gasteiger charge is -2.06. The molecular formula is C22H42S2. The predicted molar refractivity (Wildman–Crippen MR) is 120 cm³/mol. The van der Waals surface area contributed by atoms with E-state index < -0.39 is 0 Å². The molecule has 0 rings (SSSR count). The molecule has 0 nitrogen and oxygen atoms in total. The molecule has 142 valence electrons. The highest BCUT2D eigenvalue weighted by molar-refractivity contribution is 7.89. The zero-order valence-electron chi connectivity index (χ0n) is 16.5. The maximum absolute atomic E-state index is 5.52. The summed E-state index contributed by atoms with van der Waals surface area (Å²) in [4.78, 5) is 2.16. The number of rotatable bonds is 19. The first kappa shape index (κ1) is 24.2. The second kappa shape index (κ2) is 19.5. The van der Waals surface area contributed by atoms with Gasteiger partial charge in [0.2, 0.25) is 0 Å². The maximum atomic E-state index is 5.52. The molecule has 0 heterocycles. The summed E-state index contributed by atoms with van der Waals surface area (Å²) in [6.45, 7) is 4.55. The lowest BCUT2D eigenvalue weighted by molar-refractivity contribution is 0.579. The van der Waals surface area contributed by atoms with E-state index in [4.69, 9.17) is 24.4 Å². The summed E-state index contributed by atoms with van der Waals surface area (Å²) < 4.78 is 0. The molecule has 2 heteroatoms. The van der Waals surface area contributed by atoms with E-state index in [9.17, 15) is 0 Å². The van der Waals surface area contributed by atoms with Crippen LogP contribution in [-0.4, -0.2) is 9.73 Å². The molecule has 0 bridgehead atoms. The first-order valence-corrected chi connectivity index (χ1v) is 11.6. The Morgan fingerprint density at radius 2 is 0.667 bits per heavy atom. The van der Waals surface area contributed by atoms with E-state index in [0.717, 1.165) is 22.6 Å². The molecule has 0 N–H and O–H groups in total. The van der Waals surface area contributed by atoms with Crippen LogP contribution in [-0.2, 0) is 0 Å². The Morgan fingerprint density at radius 1 is 0.417 bits per heavy atom. The fraction of sp³-hybridized carbons (Fsp3) is 0.909. The quantitative estimate of drug-likeness (QED) is 0.164. The third-order valence-corrected chi connectivity index (χ3v) is 5.86. The minimum absolute atomic E-state index is 1.06. The van der Waals surface area contributed by atoms with Crippen LogP contribution in [0.25, 0.3) is 0 Å². The largest absolute Gasteiger partial charge is 0.0837 e. The summed E-state index contributed by atoms with van der Waals surface area (Å²) in [5.74, 6) is 0. The predicted octanol–water partition coefficient (Wildman–Crippen LogP) is 8.79. The van der Waals surface area contributed by atoms with Crippen molar-refractivity contribution in [3.8, 4) is 0 Å². The highest BCUT2D eigenvalue weighted by atomic mass is 32.1. The second-order valence-corrected chi connectivity index (χ2v) is 8.28. The van der Waals surface area contributed by atoms with E-state index in [1.807, 2.05) is 0 Å². The Hall–Kier alpha value is 0.180. The third kappa shape index (κ3) is 17.0. The molecule has 0 fully saturated rings. The van der Waals surface area contributed by atoms with Crippen molar-refractivity contribution in [3.63, 3.8) is 0 Å². The highest BCUT2D eigenvalue weighted by Gasteiger charge is 2.04. The summed E-state index contributed by atoms with van der Waals surface area (Å²) in [5.41, 5.74) is 0. The van der Waals surface area contributed by atoms with Gasteiger partial charge in [-0.25, -0.2) is 0 Å². The van der Waals surface area contributed by atoms with Gasteiger partial charge in [-0.2, -0.15) is 0 Å². The van der Waals surface area contributed by atoms with E-state index in [-0.39, 0.29) is 0 Å². The molecule has 0 aliphatic rings. The fourth-order valence-electron chi connectivity index (χ4n) is 3.12. The smallest absolute Gasteiger partial charge is 0.0291 e. The summed E-state index contributed by atoms with van der Waals surface area (Å²) in [6, 6.07) is 0. The molecular weight excluding hydrogens is 328 g/mol. The number of thiocarbonyl (C=S) groups is 2. The van der Waals surface area contributed by atoms with Gasteiger partial charge in [-0.3, -0.25) is 0 Å². The molecule has 0 atom stereocenters. The van der Waals surface area contributed by atoms with Crippen molar-refractivity contribution in [3.05, 3.63) is 0 Å². The molecule has 0 unspecified atom stereocenters. The van der Waals surface area contributed by atoms with Gasteiger partial charge >= 0.3 is 0 Å². The molecule has 0 aromatic carbocycles. The lowest BCUT2D eigenvalue weighted by Crippen LogP contribution is -2.08. The van der Waals surface area contributed by atoms with E-state index >= 15 is 0 Å². The monoisotopic (exact) mass is 370 g/mol. The summed E-state index contributed by atoms with van der Waals surface area (Å²) in [7, 11) is 0. The van der Waals surface area contributed by atoms with Gasteiger partial charge in [-0.05, 0) is 25.7 Å². The van der Waals surface area contributed by atoms with Gasteiger partial charge in [0.1, 0.15) is 0 Å². The molecule has 0 aliphatic carbocycles. The fourth-order valence-corrected chi connectivity index (χ4v) is 3.61. The molecule has 0 aromatic rings. The van der Waals surface area contributed by atoms with Crippen molar-refractivity contribution in [1.82, 2.24) is 0 Å². The minimum atomic E-state index is 1.06. The highest BCUT2D eigenvalue weighted by Crippen LogP contribution is 2.13. The van der Waals surface area contributed by atoms with E-state index in [1.165, 1.54) is 103 Å². The molecule has 0 saturated heterocycles. The average Bonchev–Trinajstić information content (AvgIpc) is 2.59. The van der Waals surface area contributed by atoms with Crippen molar-refractivity contribution in [2.24, 2.45) is 0 Å². The van der Waals surface area contributed by atoms with Crippen LogP contribution >= 0.6 is 24.4 Å². The SMILES string of the molecule is CCCCCCCCCCC(=S)C(=S)CCCCCCCCCC. The van der Waals surface area contributed by atoms with Gasteiger partial charge in [0.25, 0.3) is 0 Å². The van der Waals surface area contributed by atoms with Gasteiger partial charge in [-0.15, -0.1) is 0 Å². The summed E-state index contributed by atoms with van der Waals surface area (Å²) in [5, 5.41) is 0. The Bertz CT molecular complexity index is 266. The first-order valence-electron chi connectivity index (χ1n) is 10.8. The number of hydrogen-bond donors (Lipinski definition) is 0. The Kier molecular flexibility index (Phi) is 19.7.